The average molecular weight is 337 g/mol. The number of ether oxygens (including phenoxy) is 1. The Hall–Kier alpha value is -3.08. The lowest BCUT2D eigenvalue weighted by atomic mass is 10.1. The molecule has 0 saturated carbocycles. The number of aryl methyl sites for hydroxylation is 2. The molecule has 5 nitrogen and oxygen atoms in total. The second kappa shape index (κ2) is 6.81. The first-order valence-corrected chi connectivity index (χ1v) is 8.05. The fourth-order valence-electron chi connectivity index (χ4n) is 2.76. The van der Waals surface area contributed by atoms with Gasteiger partial charge >= 0.3 is 5.63 Å². The summed E-state index contributed by atoms with van der Waals surface area (Å²) in [5, 5.41) is 3.51. The van der Waals surface area contributed by atoms with Crippen LogP contribution in [-0.2, 0) is 6.42 Å². The third-order valence-corrected chi connectivity index (χ3v) is 4.17. The van der Waals surface area contributed by atoms with Crippen LogP contribution in [0.15, 0.2) is 51.7 Å². The van der Waals surface area contributed by atoms with Crippen LogP contribution in [0.25, 0.3) is 11.0 Å². The molecule has 0 spiro atoms. The first-order chi connectivity index (χ1) is 12.0. The maximum Gasteiger partial charge on any atom is 0.349 e. The summed E-state index contributed by atoms with van der Waals surface area (Å²) in [5.41, 5.74) is 2.38. The van der Waals surface area contributed by atoms with Crippen molar-refractivity contribution in [1.29, 1.82) is 0 Å². The molecule has 0 saturated heterocycles. The second-order valence-electron chi connectivity index (χ2n) is 5.77. The number of fused-ring (bicyclic) bond motifs is 1. The van der Waals surface area contributed by atoms with Gasteiger partial charge in [0.15, 0.2) is 0 Å². The van der Waals surface area contributed by atoms with E-state index in [9.17, 15) is 9.59 Å². The highest BCUT2D eigenvalue weighted by molar-refractivity contribution is 6.06. The maximum absolute atomic E-state index is 12.6. The summed E-state index contributed by atoms with van der Waals surface area (Å²) >= 11 is 0. The van der Waals surface area contributed by atoms with Crippen molar-refractivity contribution < 1.29 is 13.9 Å². The van der Waals surface area contributed by atoms with E-state index in [2.05, 4.69) is 5.32 Å². The predicted molar refractivity (Wildman–Crippen MR) is 97.5 cm³/mol. The van der Waals surface area contributed by atoms with Crippen molar-refractivity contribution in [2.75, 3.05) is 12.4 Å². The topological polar surface area (TPSA) is 68.5 Å². The number of anilines is 1. The van der Waals surface area contributed by atoms with E-state index < -0.39 is 11.5 Å². The predicted octanol–water partition coefficient (Wildman–Crippen LogP) is 3.92. The molecule has 0 atom stereocenters. The third kappa shape index (κ3) is 3.26. The molecule has 1 heterocycles. The van der Waals surface area contributed by atoms with Crippen molar-refractivity contribution in [2.24, 2.45) is 0 Å². The van der Waals surface area contributed by atoms with Gasteiger partial charge in [-0.3, -0.25) is 4.79 Å². The van der Waals surface area contributed by atoms with Gasteiger partial charge in [-0.05, 0) is 42.7 Å². The summed E-state index contributed by atoms with van der Waals surface area (Å²) in [6, 6.07) is 12.5. The second-order valence-corrected chi connectivity index (χ2v) is 5.77. The van der Waals surface area contributed by atoms with Crippen LogP contribution >= 0.6 is 0 Å². The fourth-order valence-corrected chi connectivity index (χ4v) is 2.76. The van der Waals surface area contributed by atoms with E-state index >= 15 is 0 Å². The number of benzene rings is 2. The number of amides is 1. The van der Waals surface area contributed by atoms with Gasteiger partial charge in [-0.15, -0.1) is 0 Å². The van der Waals surface area contributed by atoms with E-state index in [-0.39, 0.29) is 5.56 Å². The molecule has 1 N–H and O–H groups in total. The average Bonchev–Trinajstić information content (AvgIpc) is 2.62. The minimum atomic E-state index is -0.676. The molecule has 1 aromatic heterocycles. The zero-order valence-electron chi connectivity index (χ0n) is 14.4. The van der Waals surface area contributed by atoms with E-state index in [1.54, 1.807) is 24.3 Å². The summed E-state index contributed by atoms with van der Waals surface area (Å²) in [6.45, 7) is 3.94. The Kier molecular flexibility index (Phi) is 4.57. The van der Waals surface area contributed by atoms with Crippen LogP contribution in [0.4, 0.5) is 5.69 Å². The van der Waals surface area contributed by atoms with Gasteiger partial charge in [0, 0.05) is 17.1 Å². The number of hydrogen-bond acceptors (Lipinski definition) is 4. The molecule has 3 rings (SSSR count). The molecule has 0 aliphatic rings. The van der Waals surface area contributed by atoms with Gasteiger partial charge in [0.2, 0.25) is 0 Å². The summed E-state index contributed by atoms with van der Waals surface area (Å²) in [7, 11) is 1.54. The Balaban J connectivity index is 2.00. The van der Waals surface area contributed by atoms with Crippen molar-refractivity contribution in [3.63, 3.8) is 0 Å². The molecule has 0 fully saturated rings. The largest absolute Gasteiger partial charge is 0.497 e. The molecule has 0 aliphatic heterocycles. The molecule has 5 heteroatoms. The molecule has 3 aromatic rings. The highest BCUT2D eigenvalue weighted by atomic mass is 16.5. The number of methoxy groups -OCH3 is 1. The van der Waals surface area contributed by atoms with Gasteiger partial charge < -0.3 is 14.5 Å². The Morgan fingerprint density at radius 3 is 2.72 bits per heavy atom. The highest BCUT2D eigenvalue weighted by Crippen LogP contribution is 2.23. The first-order valence-electron chi connectivity index (χ1n) is 8.05. The van der Waals surface area contributed by atoms with E-state index in [1.165, 1.54) is 7.11 Å². The molecule has 128 valence electrons. The molecule has 0 bridgehead atoms. The zero-order valence-corrected chi connectivity index (χ0v) is 14.4. The standard InChI is InChI=1S/C20H19NO4/c1-4-13-7-5-6-12(2)18(13)21-19(22)16-10-14-8-9-15(24-3)11-17(14)25-20(16)23/h5-11H,4H2,1-3H3,(H,21,22). The number of hydrogen-bond donors (Lipinski definition) is 1. The zero-order chi connectivity index (χ0) is 18.0. The van der Waals surface area contributed by atoms with Gasteiger partial charge in [-0.1, -0.05) is 25.1 Å². The summed E-state index contributed by atoms with van der Waals surface area (Å²) in [6.07, 6.45) is 0.781. The van der Waals surface area contributed by atoms with E-state index in [1.807, 2.05) is 32.0 Å². The van der Waals surface area contributed by atoms with E-state index in [4.69, 9.17) is 9.15 Å². The molecule has 0 unspecified atom stereocenters. The Bertz CT molecular complexity index is 1000. The molecule has 1 amide bonds. The van der Waals surface area contributed by atoms with Crippen molar-refractivity contribution in [1.82, 2.24) is 0 Å². The SMILES string of the molecule is CCc1cccc(C)c1NC(=O)c1cc2ccc(OC)cc2oc1=O. The smallest absolute Gasteiger partial charge is 0.349 e. The molecule has 0 aliphatic carbocycles. The van der Waals surface area contributed by atoms with Gasteiger partial charge in [0.25, 0.3) is 5.91 Å². The monoisotopic (exact) mass is 337 g/mol. The Morgan fingerprint density at radius 2 is 2.00 bits per heavy atom. The van der Waals surface area contributed by atoms with Gasteiger partial charge in [-0.25, -0.2) is 4.79 Å². The number of nitrogens with one attached hydrogen (secondary N) is 1. The summed E-state index contributed by atoms with van der Waals surface area (Å²) < 4.78 is 10.4. The van der Waals surface area contributed by atoms with E-state index in [0.29, 0.717) is 16.7 Å². The number of para-hydroxylation sites is 1. The lowest BCUT2D eigenvalue weighted by Gasteiger charge is -2.12. The van der Waals surface area contributed by atoms with Gasteiger partial charge in [-0.2, -0.15) is 0 Å². The molecular weight excluding hydrogens is 318 g/mol. The molecule has 25 heavy (non-hydrogen) atoms. The van der Waals surface area contributed by atoms with Crippen LogP contribution in [0.3, 0.4) is 0 Å². The highest BCUT2D eigenvalue weighted by Gasteiger charge is 2.16. The van der Waals surface area contributed by atoms with Crippen LogP contribution in [-0.4, -0.2) is 13.0 Å². The van der Waals surface area contributed by atoms with Gasteiger partial charge in [0.05, 0.1) is 7.11 Å². The summed E-state index contributed by atoms with van der Waals surface area (Å²) in [5.74, 6) is 0.107. The van der Waals surface area contributed by atoms with Crippen molar-refractivity contribution >= 4 is 22.6 Å². The van der Waals surface area contributed by atoms with Crippen molar-refractivity contribution in [3.05, 3.63) is 69.6 Å². The summed E-state index contributed by atoms with van der Waals surface area (Å²) in [4.78, 5) is 24.9. The number of rotatable bonds is 4. The molecule has 2 aromatic carbocycles. The maximum atomic E-state index is 12.6. The minimum Gasteiger partial charge on any atom is -0.497 e. The Morgan fingerprint density at radius 1 is 1.20 bits per heavy atom. The van der Waals surface area contributed by atoms with Crippen molar-refractivity contribution in [2.45, 2.75) is 20.3 Å². The quantitative estimate of drug-likeness (QED) is 0.733. The lowest BCUT2D eigenvalue weighted by molar-refractivity contribution is 0.102. The van der Waals surface area contributed by atoms with Crippen LogP contribution in [0.5, 0.6) is 5.75 Å². The van der Waals surface area contributed by atoms with Crippen LogP contribution in [0, 0.1) is 6.92 Å². The third-order valence-electron chi connectivity index (χ3n) is 4.17. The molecular formula is C20H19NO4. The first kappa shape index (κ1) is 16.8. The van der Waals surface area contributed by atoms with Crippen LogP contribution in [0.1, 0.15) is 28.4 Å². The van der Waals surface area contributed by atoms with Crippen molar-refractivity contribution in [3.8, 4) is 5.75 Å². The molecule has 0 radical (unpaired) electrons. The van der Waals surface area contributed by atoms with Crippen LogP contribution < -0.4 is 15.7 Å². The lowest BCUT2D eigenvalue weighted by Crippen LogP contribution is -2.21. The normalized spacial score (nSPS) is 10.7. The van der Waals surface area contributed by atoms with Crippen LogP contribution in [0.2, 0.25) is 0 Å². The number of carbonyl (C=O) groups is 1. The Labute approximate surface area is 145 Å². The van der Waals surface area contributed by atoms with E-state index in [0.717, 1.165) is 23.2 Å². The van der Waals surface area contributed by atoms with Gasteiger partial charge in [0.1, 0.15) is 16.9 Å². The number of carbonyl (C=O) groups excluding carboxylic acids is 1. The fraction of sp³-hybridized carbons (Fsp3) is 0.200. The minimum absolute atomic E-state index is 0.0250.